The molecule has 2 aliphatic heterocycles. The van der Waals surface area contributed by atoms with Gasteiger partial charge in [0.2, 0.25) is 11.7 Å². The van der Waals surface area contributed by atoms with Crippen LogP contribution in [0.15, 0.2) is 34.9 Å². The van der Waals surface area contributed by atoms with Crippen molar-refractivity contribution in [2.75, 3.05) is 26.7 Å². The third-order valence-electron chi connectivity index (χ3n) is 5.23. The Balaban J connectivity index is 1.54. The molecule has 4 rings (SSSR count). The number of rotatable bonds is 3. The molecule has 24 heavy (non-hydrogen) atoms. The van der Waals surface area contributed by atoms with Crippen molar-refractivity contribution in [2.24, 2.45) is 0 Å². The summed E-state index contributed by atoms with van der Waals surface area (Å²) in [6.07, 6.45) is 2.60. The molecule has 2 fully saturated rings. The highest BCUT2D eigenvalue weighted by Gasteiger charge is 2.40. The average molecular weight is 328 g/mol. The molecule has 2 aliphatic rings. The number of likely N-dealkylation sites (tertiary alicyclic amines) is 2. The largest absolute Gasteiger partial charge is 0.392 e. The zero-order valence-corrected chi connectivity index (χ0v) is 14.0. The number of aliphatic hydroxyl groups excluding tert-OH is 1. The number of piperidine rings is 1. The highest BCUT2D eigenvalue weighted by molar-refractivity contribution is 5.53. The van der Waals surface area contributed by atoms with Gasteiger partial charge in [0.1, 0.15) is 0 Å². The van der Waals surface area contributed by atoms with Gasteiger partial charge in [-0.25, -0.2) is 0 Å². The minimum atomic E-state index is -0.318. The minimum Gasteiger partial charge on any atom is -0.392 e. The van der Waals surface area contributed by atoms with E-state index in [1.165, 1.54) is 0 Å². The molecule has 0 bridgehead atoms. The lowest BCUT2D eigenvalue weighted by molar-refractivity contribution is 0.0881. The summed E-state index contributed by atoms with van der Waals surface area (Å²) in [5.41, 5.74) is 0.955. The van der Waals surface area contributed by atoms with E-state index in [-0.39, 0.29) is 12.1 Å². The van der Waals surface area contributed by atoms with Crippen molar-refractivity contribution < 1.29 is 9.63 Å². The molecule has 2 atom stereocenters. The fourth-order valence-corrected chi connectivity index (χ4v) is 3.89. The lowest BCUT2D eigenvalue weighted by Crippen LogP contribution is -2.43. The Bertz CT molecular complexity index is 667. The predicted molar refractivity (Wildman–Crippen MR) is 90.3 cm³/mol. The van der Waals surface area contributed by atoms with Gasteiger partial charge in [0.15, 0.2) is 0 Å². The van der Waals surface area contributed by atoms with Crippen LogP contribution < -0.4 is 0 Å². The standard InChI is InChI=1S/C18H24N4O2/c1-21-9-7-14(8-10-21)22-12-15(23)11-16(22)18-19-17(20-24-18)13-5-3-2-4-6-13/h2-6,14-16,23H,7-12H2,1H3/t15-,16+/m1/s1. The van der Waals surface area contributed by atoms with E-state index in [4.69, 9.17) is 4.52 Å². The molecule has 6 heteroatoms. The molecule has 0 spiro atoms. The predicted octanol–water partition coefficient (Wildman–Crippen LogP) is 1.94. The lowest BCUT2D eigenvalue weighted by atomic mass is 10.0. The van der Waals surface area contributed by atoms with Crippen LogP contribution in [0, 0.1) is 0 Å². The Morgan fingerprint density at radius 3 is 2.67 bits per heavy atom. The SMILES string of the molecule is CN1CCC(N2C[C@H](O)C[C@H]2c2nc(-c3ccccc3)no2)CC1. The topological polar surface area (TPSA) is 65.6 Å². The summed E-state index contributed by atoms with van der Waals surface area (Å²) in [4.78, 5) is 9.35. The zero-order chi connectivity index (χ0) is 16.5. The van der Waals surface area contributed by atoms with Gasteiger partial charge in [0.25, 0.3) is 0 Å². The average Bonchev–Trinajstić information content (AvgIpc) is 3.23. The second-order valence-corrected chi connectivity index (χ2v) is 6.96. The van der Waals surface area contributed by atoms with Crippen LogP contribution in [0.1, 0.15) is 31.2 Å². The van der Waals surface area contributed by atoms with Crippen LogP contribution in [0.3, 0.4) is 0 Å². The van der Waals surface area contributed by atoms with Crippen LogP contribution in [-0.4, -0.2) is 63.9 Å². The molecule has 1 N–H and O–H groups in total. The first-order valence-corrected chi connectivity index (χ1v) is 8.72. The Morgan fingerprint density at radius 2 is 1.92 bits per heavy atom. The number of aromatic nitrogens is 2. The Morgan fingerprint density at radius 1 is 1.17 bits per heavy atom. The molecule has 6 nitrogen and oxygen atoms in total. The van der Waals surface area contributed by atoms with E-state index in [0.717, 1.165) is 31.5 Å². The Kier molecular flexibility index (Phi) is 4.35. The molecule has 1 aromatic carbocycles. The third kappa shape index (κ3) is 3.09. The van der Waals surface area contributed by atoms with Gasteiger partial charge in [0, 0.05) is 18.2 Å². The van der Waals surface area contributed by atoms with E-state index in [1.807, 2.05) is 30.3 Å². The second kappa shape index (κ2) is 6.63. The summed E-state index contributed by atoms with van der Waals surface area (Å²) in [7, 11) is 2.16. The lowest BCUT2D eigenvalue weighted by Gasteiger charge is -2.37. The van der Waals surface area contributed by atoms with Gasteiger partial charge in [-0.1, -0.05) is 35.5 Å². The maximum absolute atomic E-state index is 10.2. The molecule has 0 radical (unpaired) electrons. The van der Waals surface area contributed by atoms with Crippen molar-refractivity contribution in [1.82, 2.24) is 19.9 Å². The Labute approximate surface area is 142 Å². The maximum Gasteiger partial charge on any atom is 0.244 e. The third-order valence-corrected chi connectivity index (χ3v) is 5.23. The molecule has 1 aromatic heterocycles. The smallest absolute Gasteiger partial charge is 0.244 e. The van der Waals surface area contributed by atoms with Crippen molar-refractivity contribution in [3.05, 3.63) is 36.2 Å². The number of benzene rings is 1. The van der Waals surface area contributed by atoms with Crippen LogP contribution in [0.4, 0.5) is 0 Å². The van der Waals surface area contributed by atoms with Crippen LogP contribution in [0.5, 0.6) is 0 Å². The summed E-state index contributed by atoms with van der Waals surface area (Å²) < 4.78 is 5.57. The van der Waals surface area contributed by atoms with E-state index in [2.05, 4.69) is 27.0 Å². The van der Waals surface area contributed by atoms with Crippen molar-refractivity contribution in [2.45, 2.75) is 37.5 Å². The Hall–Kier alpha value is -1.76. The van der Waals surface area contributed by atoms with Crippen molar-refractivity contribution in [3.8, 4) is 11.4 Å². The second-order valence-electron chi connectivity index (χ2n) is 6.96. The molecule has 2 saturated heterocycles. The van der Waals surface area contributed by atoms with Crippen molar-refractivity contribution in [1.29, 1.82) is 0 Å². The summed E-state index contributed by atoms with van der Waals surface area (Å²) in [5, 5.41) is 14.3. The van der Waals surface area contributed by atoms with Gasteiger partial charge in [-0.2, -0.15) is 4.98 Å². The highest BCUT2D eigenvalue weighted by atomic mass is 16.5. The van der Waals surface area contributed by atoms with Gasteiger partial charge in [-0.15, -0.1) is 0 Å². The van der Waals surface area contributed by atoms with E-state index in [0.29, 0.717) is 30.7 Å². The summed E-state index contributed by atoms with van der Waals surface area (Å²) in [6.45, 7) is 2.90. The monoisotopic (exact) mass is 328 g/mol. The molecule has 0 aliphatic carbocycles. The first-order chi connectivity index (χ1) is 11.7. The number of nitrogens with zero attached hydrogens (tertiary/aromatic N) is 4. The molecule has 3 heterocycles. The molecule has 0 saturated carbocycles. The first-order valence-electron chi connectivity index (χ1n) is 8.72. The minimum absolute atomic E-state index is 0.0263. The van der Waals surface area contributed by atoms with Crippen LogP contribution in [0.2, 0.25) is 0 Å². The van der Waals surface area contributed by atoms with Gasteiger partial charge < -0.3 is 14.5 Å². The molecule has 128 valence electrons. The first kappa shape index (κ1) is 15.7. The molecular weight excluding hydrogens is 304 g/mol. The van der Waals surface area contributed by atoms with Gasteiger partial charge in [-0.3, -0.25) is 4.90 Å². The van der Waals surface area contributed by atoms with E-state index in [9.17, 15) is 5.11 Å². The van der Waals surface area contributed by atoms with Crippen molar-refractivity contribution in [3.63, 3.8) is 0 Å². The van der Waals surface area contributed by atoms with E-state index in [1.54, 1.807) is 0 Å². The molecule has 2 aromatic rings. The van der Waals surface area contributed by atoms with Gasteiger partial charge in [-0.05, 0) is 39.4 Å². The number of aliphatic hydroxyl groups is 1. The molecule has 0 unspecified atom stereocenters. The fourth-order valence-electron chi connectivity index (χ4n) is 3.89. The maximum atomic E-state index is 10.2. The summed E-state index contributed by atoms with van der Waals surface area (Å²) in [5.74, 6) is 1.25. The molecule has 0 amide bonds. The van der Waals surface area contributed by atoms with Crippen LogP contribution >= 0.6 is 0 Å². The number of hydrogen-bond donors (Lipinski definition) is 1. The highest BCUT2D eigenvalue weighted by Crippen LogP contribution is 2.36. The normalized spacial score (nSPS) is 26.9. The van der Waals surface area contributed by atoms with Gasteiger partial charge in [0.05, 0.1) is 12.1 Å². The summed E-state index contributed by atoms with van der Waals surface area (Å²) in [6, 6.07) is 10.4. The molecular formula is C18H24N4O2. The zero-order valence-electron chi connectivity index (χ0n) is 14.0. The number of β-amino-alcohol motifs (C(OH)–C–C–N with tert-alkyl or cyclic N) is 1. The fraction of sp³-hybridized carbons (Fsp3) is 0.556. The van der Waals surface area contributed by atoms with E-state index < -0.39 is 0 Å². The summed E-state index contributed by atoms with van der Waals surface area (Å²) >= 11 is 0. The van der Waals surface area contributed by atoms with Gasteiger partial charge >= 0.3 is 0 Å². The quantitative estimate of drug-likeness (QED) is 0.929. The van der Waals surface area contributed by atoms with Crippen molar-refractivity contribution >= 4 is 0 Å². The van der Waals surface area contributed by atoms with E-state index >= 15 is 0 Å². The number of hydrogen-bond acceptors (Lipinski definition) is 6. The van der Waals surface area contributed by atoms with Crippen LogP contribution in [-0.2, 0) is 0 Å². The van der Waals surface area contributed by atoms with Crippen LogP contribution in [0.25, 0.3) is 11.4 Å².